The molecule has 1 saturated heterocycles. The largest absolute Gasteiger partial charge is 0.376 e. The second-order valence-electron chi connectivity index (χ2n) is 5.76. The predicted molar refractivity (Wildman–Crippen MR) is 76.1 cm³/mol. The average Bonchev–Trinajstić information content (AvgIpc) is 2.98. The lowest BCUT2D eigenvalue weighted by atomic mass is 10.2. The molecular formula is C15H24N2O3. The first-order valence-corrected chi connectivity index (χ1v) is 7.41. The van der Waals surface area contributed by atoms with Crippen LogP contribution in [0.5, 0.6) is 0 Å². The fourth-order valence-corrected chi connectivity index (χ4v) is 2.91. The van der Waals surface area contributed by atoms with Crippen molar-refractivity contribution < 1.29 is 14.3 Å². The molecule has 0 aromatic rings. The zero-order valence-electron chi connectivity index (χ0n) is 12.2. The van der Waals surface area contributed by atoms with Crippen molar-refractivity contribution in [2.24, 2.45) is 0 Å². The third-order valence-corrected chi connectivity index (χ3v) is 3.86. The molecule has 0 aromatic heterocycles. The highest BCUT2D eigenvalue weighted by atomic mass is 16.5. The van der Waals surface area contributed by atoms with E-state index in [4.69, 9.17) is 4.74 Å². The number of carbonyl (C=O) groups excluding carboxylic acids is 2. The Balaban J connectivity index is 1.75. The molecule has 1 unspecified atom stereocenters. The van der Waals surface area contributed by atoms with Gasteiger partial charge in [0.15, 0.2) is 0 Å². The van der Waals surface area contributed by atoms with Crippen molar-refractivity contribution in [2.45, 2.75) is 51.1 Å². The van der Waals surface area contributed by atoms with Gasteiger partial charge in [0.2, 0.25) is 11.8 Å². The summed E-state index contributed by atoms with van der Waals surface area (Å²) in [5, 5.41) is 3.12. The van der Waals surface area contributed by atoms with Gasteiger partial charge in [-0.15, -0.1) is 0 Å². The van der Waals surface area contributed by atoms with Crippen LogP contribution in [0.3, 0.4) is 0 Å². The molecule has 112 valence electrons. The molecule has 0 aromatic carbocycles. The van der Waals surface area contributed by atoms with Gasteiger partial charge in [-0.25, -0.2) is 0 Å². The van der Waals surface area contributed by atoms with Gasteiger partial charge in [-0.05, 0) is 19.8 Å². The Bertz CT molecular complexity index is 389. The van der Waals surface area contributed by atoms with Crippen molar-refractivity contribution in [3.63, 3.8) is 0 Å². The van der Waals surface area contributed by atoms with E-state index in [9.17, 15) is 9.59 Å². The number of nitrogens with one attached hydrogen (secondary N) is 1. The van der Waals surface area contributed by atoms with E-state index in [1.165, 1.54) is 4.90 Å². The quantitative estimate of drug-likeness (QED) is 0.433. The average molecular weight is 280 g/mol. The van der Waals surface area contributed by atoms with E-state index >= 15 is 0 Å². The Hall–Kier alpha value is -1.20. The summed E-state index contributed by atoms with van der Waals surface area (Å²) in [5.74, 6) is -0.0796. The molecule has 2 amide bonds. The number of hydrogen-bond acceptors (Lipinski definition) is 4. The maximum Gasteiger partial charge on any atom is 0.247 e. The second kappa shape index (κ2) is 6.99. The van der Waals surface area contributed by atoms with Gasteiger partial charge in [0.1, 0.15) is 0 Å². The number of likely N-dealkylation sites (tertiary alicyclic amines) is 1. The smallest absolute Gasteiger partial charge is 0.247 e. The molecule has 1 atom stereocenters. The van der Waals surface area contributed by atoms with E-state index < -0.39 is 0 Å². The van der Waals surface area contributed by atoms with Gasteiger partial charge in [0.25, 0.3) is 0 Å². The molecule has 0 spiro atoms. The van der Waals surface area contributed by atoms with Crippen molar-refractivity contribution >= 4 is 11.8 Å². The molecule has 5 heteroatoms. The molecule has 2 fully saturated rings. The lowest BCUT2D eigenvalue weighted by molar-refractivity contribution is -0.141. The summed E-state index contributed by atoms with van der Waals surface area (Å²) >= 11 is 0. The van der Waals surface area contributed by atoms with E-state index in [-0.39, 0.29) is 30.3 Å². The second-order valence-corrected chi connectivity index (χ2v) is 5.76. The van der Waals surface area contributed by atoms with Crippen LogP contribution in [0.25, 0.3) is 0 Å². The summed E-state index contributed by atoms with van der Waals surface area (Å²) in [6.45, 7) is 7.30. The van der Waals surface area contributed by atoms with Gasteiger partial charge < -0.3 is 10.1 Å². The van der Waals surface area contributed by atoms with Gasteiger partial charge >= 0.3 is 0 Å². The zero-order valence-corrected chi connectivity index (χ0v) is 12.2. The summed E-state index contributed by atoms with van der Waals surface area (Å²) in [7, 11) is 0. The van der Waals surface area contributed by atoms with Gasteiger partial charge in [-0.3, -0.25) is 14.5 Å². The van der Waals surface area contributed by atoms with Crippen LogP contribution >= 0.6 is 0 Å². The van der Waals surface area contributed by atoms with Gasteiger partial charge in [-0.1, -0.05) is 25.0 Å². The van der Waals surface area contributed by atoms with Crippen LogP contribution in [0.4, 0.5) is 0 Å². The molecule has 0 bridgehead atoms. The highest BCUT2D eigenvalue weighted by Gasteiger charge is 2.42. The van der Waals surface area contributed by atoms with Crippen LogP contribution in [0.1, 0.15) is 39.0 Å². The lowest BCUT2D eigenvalue weighted by Gasteiger charge is -2.22. The molecule has 20 heavy (non-hydrogen) atoms. The Morgan fingerprint density at radius 3 is 2.75 bits per heavy atom. The minimum atomic E-state index is -0.364. The number of ether oxygens (including phenoxy) is 1. The molecule has 2 rings (SSSR count). The van der Waals surface area contributed by atoms with E-state index in [1.54, 1.807) is 0 Å². The van der Waals surface area contributed by atoms with E-state index in [1.807, 2.05) is 6.92 Å². The topological polar surface area (TPSA) is 58.6 Å². The SMILES string of the molecule is C=C(C)COCCNC1CC(=O)N(C2CCCC2)C1=O. The van der Waals surface area contributed by atoms with E-state index in [0.717, 1.165) is 31.3 Å². The number of nitrogens with zero attached hydrogens (tertiary/aromatic N) is 1. The van der Waals surface area contributed by atoms with E-state index in [2.05, 4.69) is 11.9 Å². The molecule has 1 saturated carbocycles. The fraction of sp³-hybridized carbons (Fsp3) is 0.733. The van der Waals surface area contributed by atoms with Crippen molar-refractivity contribution in [3.8, 4) is 0 Å². The Kier molecular flexibility index (Phi) is 5.31. The fourth-order valence-electron chi connectivity index (χ4n) is 2.91. The van der Waals surface area contributed by atoms with Crippen LogP contribution in [0.15, 0.2) is 12.2 Å². The lowest BCUT2D eigenvalue weighted by Crippen LogP contribution is -2.43. The minimum Gasteiger partial charge on any atom is -0.376 e. The van der Waals surface area contributed by atoms with Crippen molar-refractivity contribution in [1.29, 1.82) is 0 Å². The van der Waals surface area contributed by atoms with Crippen molar-refractivity contribution in [1.82, 2.24) is 10.2 Å². The summed E-state index contributed by atoms with van der Waals surface area (Å²) in [6, 6.07) is -0.224. The maximum atomic E-state index is 12.3. The highest BCUT2D eigenvalue weighted by Crippen LogP contribution is 2.27. The van der Waals surface area contributed by atoms with Crippen LogP contribution in [-0.4, -0.2) is 48.6 Å². The highest BCUT2D eigenvalue weighted by molar-refractivity contribution is 6.05. The molecule has 1 heterocycles. The van der Waals surface area contributed by atoms with Crippen LogP contribution < -0.4 is 5.32 Å². The molecule has 1 aliphatic heterocycles. The third-order valence-electron chi connectivity index (χ3n) is 3.86. The molecule has 5 nitrogen and oxygen atoms in total. The summed E-state index contributed by atoms with van der Waals surface area (Å²) in [6.07, 6.45) is 4.46. The molecule has 1 aliphatic carbocycles. The third kappa shape index (κ3) is 3.67. The molecular weight excluding hydrogens is 256 g/mol. The summed E-state index contributed by atoms with van der Waals surface area (Å²) in [4.78, 5) is 25.7. The van der Waals surface area contributed by atoms with Crippen LogP contribution in [-0.2, 0) is 14.3 Å². The summed E-state index contributed by atoms with van der Waals surface area (Å²) < 4.78 is 5.37. The van der Waals surface area contributed by atoms with Crippen molar-refractivity contribution in [2.75, 3.05) is 19.8 Å². The first kappa shape index (κ1) is 15.2. The predicted octanol–water partition coefficient (Wildman–Crippen LogP) is 1.24. The maximum absolute atomic E-state index is 12.3. The van der Waals surface area contributed by atoms with Crippen LogP contribution in [0.2, 0.25) is 0 Å². The molecule has 2 aliphatic rings. The number of rotatable bonds is 7. The molecule has 0 radical (unpaired) electrons. The summed E-state index contributed by atoms with van der Waals surface area (Å²) in [5.41, 5.74) is 0.976. The number of carbonyl (C=O) groups is 2. The Labute approximate surface area is 120 Å². The number of imide groups is 1. The van der Waals surface area contributed by atoms with Gasteiger partial charge in [0.05, 0.1) is 25.7 Å². The zero-order chi connectivity index (χ0) is 14.5. The van der Waals surface area contributed by atoms with Crippen molar-refractivity contribution in [3.05, 3.63) is 12.2 Å². The van der Waals surface area contributed by atoms with Gasteiger partial charge in [0, 0.05) is 12.6 Å². The monoisotopic (exact) mass is 280 g/mol. The first-order valence-electron chi connectivity index (χ1n) is 7.41. The molecule has 1 N–H and O–H groups in total. The number of amides is 2. The first-order chi connectivity index (χ1) is 9.59. The number of hydrogen-bond donors (Lipinski definition) is 1. The Morgan fingerprint density at radius 1 is 1.40 bits per heavy atom. The normalized spacial score (nSPS) is 23.9. The van der Waals surface area contributed by atoms with Crippen LogP contribution in [0, 0.1) is 0 Å². The minimum absolute atomic E-state index is 0.0257. The Morgan fingerprint density at radius 2 is 2.10 bits per heavy atom. The van der Waals surface area contributed by atoms with Gasteiger partial charge in [-0.2, -0.15) is 0 Å². The standard InChI is InChI=1S/C15H24N2O3/c1-11(2)10-20-8-7-16-13-9-14(18)17(15(13)19)12-5-3-4-6-12/h12-13,16H,1,3-10H2,2H3. The van der Waals surface area contributed by atoms with E-state index in [0.29, 0.717) is 19.8 Å².